The van der Waals surface area contributed by atoms with Gasteiger partial charge in [0, 0.05) is 21.3 Å². The summed E-state index contributed by atoms with van der Waals surface area (Å²) in [6, 6.07) is 0. The van der Waals surface area contributed by atoms with Crippen molar-refractivity contribution in [2.24, 2.45) is 11.8 Å². The number of hydrogen-bond donors (Lipinski definition) is 0. The minimum atomic E-state index is -2.61. The van der Waals surface area contributed by atoms with Crippen LogP contribution >= 0.6 is 0 Å². The highest BCUT2D eigenvalue weighted by Crippen LogP contribution is 2.65. The Bertz CT molecular complexity index is 269. The fourth-order valence-corrected chi connectivity index (χ4v) is 7.13. The molecule has 0 heterocycles. The molecule has 92 valence electrons. The molecule has 0 N–H and O–H groups in total. The number of rotatable bonds is 5. The van der Waals surface area contributed by atoms with Crippen LogP contribution < -0.4 is 0 Å². The molecule has 0 saturated heterocycles. The van der Waals surface area contributed by atoms with Crippen LogP contribution in [0.2, 0.25) is 5.04 Å². The molecule has 0 amide bonds. The molecule has 3 atom stereocenters. The largest absolute Gasteiger partial charge is 0.510 e. The van der Waals surface area contributed by atoms with E-state index >= 15 is 0 Å². The Kier molecular flexibility index (Phi) is 3.27. The standard InChI is InChI=1S/C12H22O3Si/c1-5-12(16(13-2,14-3)15-4)9-10-6-7-11(12)8-10/h5,10-11H,1,6-9H2,2-4H3. The van der Waals surface area contributed by atoms with E-state index in [9.17, 15) is 0 Å². The average Bonchev–Trinajstić information content (AvgIpc) is 2.93. The van der Waals surface area contributed by atoms with Crippen LogP contribution in [0.3, 0.4) is 0 Å². The molecule has 0 aromatic heterocycles. The number of hydrogen-bond acceptors (Lipinski definition) is 3. The molecule has 0 radical (unpaired) electrons. The Morgan fingerprint density at radius 1 is 1.19 bits per heavy atom. The molecular weight excluding hydrogens is 220 g/mol. The van der Waals surface area contributed by atoms with E-state index in [1.807, 2.05) is 0 Å². The van der Waals surface area contributed by atoms with Gasteiger partial charge < -0.3 is 13.3 Å². The van der Waals surface area contributed by atoms with Crippen molar-refractivity contribution in [1.82, 2.24) is 0 Å². The molecule has 2 rings (SSSR count). The van der Waals surface area contributed by atoms with Crippen molar-refractivity contribution in [3.05, 3.63) is 12.7 Å². The number of allylic oxidation sites excluding steroid dienone is 1. The summed E-state index contributed by atoms with van der Waals surface area (Å²) in [5, 5.41) is -0.0475. The molecule has 0 aromatic rings. The van der Waals surface area contributed by atoms with Crippen molar-refractivity contribution in [1.29, 1.82) is 0 Å². The van der Waals surface area contributed by atoms with Crippen molar-refractivity contribution in [3.8, 4) is 0 Å². The minimum Gasteiger partial charge on any atom is -0.376 e. The Morgan fingerprint density at radius 2 is 1.81 bits per heavy atom. The van der Waals surface area contributed by atoms with Gasteiger partial charge in [0.25, 0.3) is 0 Å². The highest BCUT2D eigenvalue weighted by Gasteiger charge is 2.66. The van der Waals surface area contributed by atoms with E-state index in [1.54, 1.807) is 21.3 Å². The molecule has 0 aliphatic heterocycles. The molecule has 16 heavy (non-hydrogen) atoms. The molecule has 2 saturated carbocycles. The third-order valence-corrected chi connectivity index (χ3v) is 8.21. The second-order valence-electron chi connectivity index (χ2n) is 4.99. The van der Waals surface area contributed by atoms with Crippen molar-refractivity contribution in [2.75, 3.05) is 21.3 Å². The first kappa shape index (κ1) is 12.3. The van der Waals surface area contributed by atoms with Crippen LogP contribution in [0.15, 0.2) is 12.7 Å². The van der Waals surface area contributed by atoms with Crippen molar-refractivity contribution in [3.63, 3.8) is 0 Å². The van der Waals surface area contributed by atoms with Crippen LogP contribution in [0.25, 0.3) is 0 Å². The van der Waals surface area contributed by atoms with Gasteiger partial charge in [0.2, 0.25) is 0 Å². The summed E-state index contributed by atoms with van der Waals surface area (Å²) in [5.41, 5.74) is 0. The summed E-state index contributed by atoms with van der Waals surface area (Å²) in [6.45, 7) is 4.04. The Labute approximate surface area is 99.1 Å². The Balaban J connectivity index is 2.37. The summed E-state index contributed by atoms with van der Waals surface area (Å²) in [6.07, 6.45) is 7.09. The summed E-state index contributed by atoms with van der Waals surface area (Å²) in [5.74, 6) is 1.46. The van der Waals surface area contributed by atoms with E-state index in [4.69, 9.17) is 13.3 Å². The van der Waals surface area contributed by atoms with E-state index in [0.29, 0.717) is 5.92 Å². The van der Waals surface area contributed by atoms with Crippen molar-refractivity contribution in [2.45, 2.75) is 30.7 Å². The molecule has 0 spiro atoms. The average molecular weight is 242 g/mol. The Morgan fingerprint density at radius 3 is 2.12 bits per heavy atom. The molecule has 0 aromatic carbocycles. The predicted molar refractivity (Wildman–Crippen MR) is 65.1 cm³/mol. The van der Waals surface area contributed by atoms with Crippen LogP contribution in [0, 0.1) is 11.8 Å². The van der Waals surface area contributed by atoms with Gasteiger partial charge in [0.15, 0.2) is 0 Å². The maximum Gasteiger partial charge on any atom is 0.510 e. The van der Waals surface area contributed by atoms with Gasteiger partial charge in [-0.2, -0.15) is 0 Å². The molecule has 3 unspecified atom stereocenters. The van der Waals surface area contributed by atoms with Crippen molar-refractivity contribution < 1.29 is 13.3 Å². The van der Waals surface area contributed by atoms with E-state index in [1.165, 1.54) is 19.3 Å². The fraction of sp³-hybridized carbons (Fsp3) is 0.833. The van der Waals surface area contributed by atoms with Crippen LogP contribution in [-0.2, 0) is 13.3 Å². The van der Waals surface area contributed by atoms with E-state index in [-0.39, 0.29) is 5.04 Å². The zero-order valence-corrected chi connectivity index (χ0v) is 11.5. The summed E-state index contributed by atoms with van der Waals surface area (Å²) >= 11 is 0. The zero-order chi connectivity index (χ0) is 11.8. The van der Waals surface area contributed by atoms with Crippen LogP contribution in [0.5, 0.6) is 0 Å². The smallest absolute Gasteiger partial charge is 0.376 e. The molecule has 4 heteroatoms. The Hall–Kier alpha value is -0.163. The fourth-order valence-electron chi connectivity index (χ4n) is 3.94. The first-order chi connectivity index (χ1) is 7.68. The first-order valence-corrected chi connectivity index (χ1v) is 7.69. The maximum atomic E-state index is 5.69. The lowest BCUT2D eigenvalue weighted by atomic mass is 9.88. The van der Waals surface area contributed by atoms with E-state index in [2.05, 4.69) is 12.7 Å². The zero-order valence-electron chi connectivity index (χ0n) is 10.5. The lowest BCUT2D eigenvalue weighted by Crippen LogP contribution is -2.55. The van der Waals surface area contributed by atoms with E-state index in [0.717, 1.165) is 12.3 Å². The van der Waals surface area contributed by atoms with Gasteiger partial charge in [0.05, 0.1) is 5.04 Å². The third-order valence-electron chi connectivity index (χ3n) is 4.64. The molecular formula is C12H22O3Si. The topological polar surface area (TPSA) is 27.7 Å². The lowest BCUT2D eigenvalue weighted by Gasteiger charge is -2.44. The van der Waals surface area contributed by atoms with E-state index < -0.39 is 8.80 Å². The first-order valence-electron chi connectivity index (χ1n) is 5.97. The number of fused-ring (bicyclic) bond motifs is 2. The van der Waals surface area contributed by atoms with Gasteiger partial charge in [-0.05, 0) is 31.1 Å². The molecule has 2 aliphatic carbocycles. The van der Waals surface area contributed by atoms with Gasteiger partial charge >= 0.3 is 8.80 Å². The van der Waals surface area contributed by atoms with Crippen LogP contribution in [0.4, 0.5) is 0 Å². The molecule has 2 fully saturated rings. The maximum absolute atomic E-state index is 5.69. The van der Waals surface area contributed by atoms with Gasteiger partial charge in [-0.15, -0.1) is 6.58 Å². The van der Waals surface area contributed by atoms with Crippen LogP contribution in [0.1, 0.15) is 25.7 Å². The summed E-state index contributed by atoms with van der Waals surface area (Å²) < 4.78 is 17.1. The summed E-state index contributed by atoms with van der Waals surface area (Å²) in [4.78, 5) is 0. The quantitative estimate of drug-likeness (QED) is 0.548. The normalized spacial score (nSPS) is 37.9. The molecule has 3 nitrogen and oxygen atoms in total. The minimum absolute atomic E-state index is 0.0475. The second kappa shape index (κ2) is 4.26. The lowest BCUT2D eigenvalue weighted by molar-refractivity contribution is 0.0842. The second-order valence-corrected chi connectivity index (χ2v) is 8.26. The highest BCUT2D eigenvalue weighted by molar-refractivity contribution is 6.65. The van der Waals surface area contributed by atoms with Gasteiger partial charge in [-0.25, -0.2) is 0 Å². The van der Waals surface area contributed by atoms with Crippen LogP contribution in [-0.4, -0.2) is 30.1 Å². The third kappa shape index (κ3) is 1.37. The molecule has 2 bridgehead atoms. The monoisotopic (exact) mass is 242 g/mol. The molecule has 2 aliphatic rings. The van der Waals surface area contributed by atoms with Gasteiger partial charge in [-0.1, -0.05) is 12.5 Å². The SMILES string of the molecule is C=CC1([Si](OC)(OC)OC)CC2CCC1C2. The predicted octanol–water partition coefficient (Wildman–Crippen LogP) is 2.61. The summed E-state index contributed by atoms with van der Waals surface area (Å²) in [7, 11) is 2.51. The van der Waals surface area contributed by atoms with Crippen molar-refractivity contribution >= 4 is 8.80 Å². The van der Waals surface area contributed by atoms with Gasteiger partial charge in [0.1, 0.15) is 0 Å². The highest BCUT2D eigenvalue weighted by atomic mass is 28.4. The van der Waals surface area contributed by atoms with Gasteiger partial charge in [-0.3, -0.25) is 0 Å².